The van der Waals surface area contributed by atoms with Crippen molar-refractivity contribution < 1.29 is 13.2 Å². The SMILES string of the molecule is CCn1cc(S(=O)(=O)NC(CCl)COC)nc1C. The molecule has 1 aromatic rings. The zero-order valence-electron chi connectivity index (χ0n) is 10.7. The van der Waals surface area contributed by atoms with Gasteiger partial charge in [0.1, 0.15) is 5.82 Å². The molecule has 0 bridgehead atoms. The lowest BCUT2D eigenvalue weighted by Crippen LogP contribution is -2.39. The first-order chi connectivity index (χ1) is 8.44. The monoisotopic (exact) mass is 295 g/mol. The van der Waals surface area contributed by atoms with Gasteiger partial charge in [0.05, 0.1) is 12.6 Å². The molecule has 6 nitrogen and oxygen atoms in total. The molecule has 0 aliphatic carbocycles. The van der Waals surface area contributed by atoms with Gasteiger partial charge in [-0.15, -0.1) is 11.6 Å². The highest BCUT2D eigenvalue weighted by atomic mass is 35.5. The highest BCUT2D eigenvalue weighted by Gasteiger charge is 2.22. The number of imidazole rings is 1. The van der Waals surface area contributed by atoms with Crippen molar-refractivity contribution >= 4 is 21.6 Å². The van der Waals surface area contributed by atoms with Crippen LogP contribution in [0.3, 0.4) is 0 Å². The van der Waals surface area contributed by atoms with Crippen LogP contribution in [0.15, 0.2) is 11.2 Å². The zero-order chi connectivity index (χ0) is 13.8. The predicted octanol–water partition coefficient (Wildman–Crippen LogP) is 0.744. The van der Waals surface area contributed by atoms with Crippen LogP contribution in [0.25, 0.3) is 0 Å². The summed E-state index contributed by atoms with van der Waals surface area (Å²) < 4.78 is 33.2. The number of hydrogen-bond donors (Lipinski definition) is 1. The van der Waals surface area contributed by atoms with Crippen LogP contribution in [0.4, 0.5) is 0 Å². The summed E-state index contributed by atoms with van der Waals surface area (Å²) in [6.45, 7) is 4.57. The van der Waals surface area contributed by atoms with Crippen molar-refractivity contribution in [1.29, 1.82) is 0 Å². The number of rotatable bonds is 7. The topological polar surface area (TPSA) is 73.2 Å². The third-order valence-corrected chi connectivity index (χ3v) is 4.21. The van der Waals surface area contributed by atoms with Crippen LogP contribution in [0.1, 0.15) is 12.7 Å². The van der Waals surface area contributed by atoms with Crippen LogP contribution in [-0.2, 0) is 21.3 Å². The maximum Gasteiger partial charge on any atom is 0.259 e. The highest BCUT2D eigenvalue weighted by molar-refractivity contribution is 7.89. The van der Waals surface area contributed by atoms with Gasteiger partial charge in [0.2, 0.25) is 0 Å². The maximum absolute atomic E-state index is 12.1. The number of hydrogen-bond acceptors (Lipinski definition) is 4. The first-order valence-electron chi connectivity index (χ1n) is 5.55. The van der Waals surface area contributed by atoms with Gasteiger partial charge in [-0.1, -0.05) is 0 Å². The minimum Gasteiger partial charge on any atom is -0.383 e. The average Bonchev–Trinajstić information content (AvgIpc) is 2.70. The quantitative estimate of drug-likeness (QED) is 0.753. The average molecular weight is 296 g/mol. The van der Waals surface area contributed by atoms with Crippen LogP contribution < -0.4 is 4.72 Å². The number of alkyl halides is 1. The number of nitrogens with zero attached hydrogens (tertiary/aromatic N) is 2. The summed E-state index contributed by atoms with van der Waals surface area (Å²) in [5.41, 5.74) is 0. The molecule has 1 rings (SSSR count). The highest BCUT2D eigenvalue weighted by Crippen LogP contribution is 2.10. The Kier molecular flexibility index (Phi) is 5.58. The number of ether oxygens (including phenoxy) is 1. The summed E-state index contributed by atoms with van der Waals surface area (Å²) in [5, 5.41) is 0.00747. The van der Waals surface area contributed by atoms with Crippen molar-refractivity contribution in [2.24, 2.45) is 0 Å². The first-order valence-corrected chi connectivity index (χ1v) is 7.57. The molecule has 0 fully saturated rings. The van der Waals surface area contributed by atoms with Gasteiger partial charge in [-0.25, -0.2) is 18.1 Å². The second kappa shape index (κ2) is 6.51. The number of methoxy groups -OCH3 is 1. The van der Waals surface area contributed by atoms with E-state index in [-0.39, 0.29) is 17.5 Å². The third-order valence-electron chi connectivity index (χ3n) is 2.45. The molecular formula is C10H18ClN3O3S. The fraction of sp³-hybridized carbons (Fsp3) is 0.700. The molecule has 0 radical (unpaired) electrons. The number of sulfonamides is 1. The molecule has 18 heavy (non-hydrogen) atoms. The Morgan fingerprint density at radius 2 is 2.28 bits per heavy atom. The van der Waals surface area contributed by atoms with E-state index in [0.29, 0.717) is 12.4 Å². The van der Waals surface area contributed by atoms with Gasteiger partial charge in [-0.05, 0) is 13.8 Å². The van der Waals surface area contributed by atoms with E-state index in [4.69, 9.17) is 16.3 Å². The van der Waals surface area contributed by atoms with Gasteiger partial charge in [-0.2, -0.15) is 0 Å². The molecule has 0 aromatic carbocycles. The van der Waals surface area contributed by atoms with Gasteiger partial charge in [0.25, 0.3) is 10.0 Å². The van der Waals surface area contributed by atoms with Gasteiger partial charge >= 0.3 is 0 Å². The Labute approximate surface area is 112 Å². The lowest BCUT2D eigenvalue weighted by molar-refractivity contribution is 0.181. The van der Waals surface area contributed by atoms with Gasteiger partial charge < -0.3 is 9.30 Å². The number of halogens is 1. The standard InChI is InChI=1S/C10H18ClN3O3S/c1-4-14-6-10(12-8(14)2)18(15,16)13-9(5-11)7-17-3/h6,9,13H,4-5,7H2,1-3H3. The van der Waals surface area contributed by atoms with Crippen LogP contribution in [0.2, 0.25) is 0 Å². The number of nitrogens with one attached hydrogen (secondary N) is 1. The molecule has 1 atom stereocenters. The fourth-order valence-electron chi connectivity index (χ4n) is 1.52. The molecule has 8 heteroatoms. The first kappa shape index (κ1) is 15.4. The molecule has 0 spiro atoms. The summed E-state index contributed by atoms with van der Waals surface area (Å²) in [4.78, 5) is 4.03. The molecule has 0 amide bonds. The smallest absolute Gasteiger partial charge is 0.259 e. The lowest BCUT2D eigenvalue weighted by Gasteiger charge is -2.13. The Morgan fingerprint density at radius 3 is 2.72 bits per heavy atom. The predicted molar refractivity (Wildman–Crippen MR) is 69.3 cm³/mol. The van der Waals surface area contributed by atoms with E-state index < -0.39 is 16.1 Å². The number of aryl methyl sites for hydroxylation is 2. The second-order valence-electron chi connectivity index (χ2n) is 3.84. The van der Waals surface area contributed by atoms with Crippen molar-refractivity contribution in [2.45, 2.75) is 31.5 Å². The third kappa shape index (κ3) is 3.68. The summed E-state index contributed by atoms with van der Waals surface area (Å²) >= 11 is 5.67. The Morgan fingerprint density at radius 1 is 1.61 bits per heavy atom. The van der Waals surface area contributed by atoms with E-state index in [1.807, 2.05) is 6.92 Å². The zero-order valence-corrected chi connectivity index (χ0v) is 12.3. The van der Waals surface area contributed by atoms with E-state index in [0.717, 1.165) is 0 Å². The van der Waals surface area contributed by atoms with E-state index in [9.17, 15) is 8.42 Å². The van der Waals surface area contributed by atoms with Crippen molar-refractivity contribution in [3.05, 3.63) is 12.0 Å². The Balaban J connectivity index is 2.91. The van der Waals surface area contributed by atoms with Gasteiger partial charge in [-0.3, -0.25) is 0 Å². The van der Waals surface area contributed by atoms with E-state index in [2.05, 4.69) is 9.71 Å². The number of aromatic nitrogens is 2. The lowest BCUT2D eigenvalue weighted by atomic mass is 10.4. The summed E-state index contributed by atoms with van der Waals surface area (Å²) in [6.07, 6.45) is 1.51. The Hall–Kier alpha value is -0.630. The van der Waals surface area contributed by atoms with Crippen LogP contribution >= 0.6 is 11.6 Å². The largest absolute Gasteiger partial charge is 0.383 e. The minimum atomic E-state index is -3.65. The second-order valence-corrected chi connectivity index (χ2v) is 5.81. The molecule has 1 heterocycles. The van der Waals surface area contributed by atoms with Crippen LogP contribution in [0.5, 0.6) is 0 Å². The van der Waals surface area contributed by atoms with E-state index >= 15 is 0 Å². The summed E-state index contributed by atoms with van der Waals surface area (Å²) in [5.74, 6) is 0.799. The summed E-state index contributed by atoms with van der Waals surface area (Å²) in [7, 11) is -2.16. The van der Waals surface area contributed by atoms with Crippen LogP contribution in [-0.4, -0.2) is 43.6 Å². The molecular weight excluding hydrogens is 278 g/mol. The fourth-order valence-corrected chi connectivity index (χ4v) is 3.01. The molecule has 0 aliphatic rings. The molecule has 0 saturated carbocycles. The van der Waals surface area contributed by atoms with E-state index in [1.165, 1.54) is 13.3 Å². The van der Waals surface area contributed by atoms with Gasteiger partial charge in [0.15, 0.2) is 5.03 Å². The van der Waals surface area contributed by atoms with Crippen LogP contribution in [0, 0.1) is 6.92 Å². The molecule has 1 unspecified atom stereocenters. The molecule has 1 N–H and O–H groups in total. The molecule has 1 aromatic heterocycles. The maximum atomic E-state index is 12.1. The van der Waals surface area contributed by atoms with Crippen molar-refractivity contribution in [3.8, 4) is 0 Å². The molecule has 104 valence electrons. The summed E-state index contributed by atoms with van der Waals surface area (Å²) in [6, 6.07) is -0.464. The van der Waals surface area contributed by atoms with Gasteiger partial charge in [0, 0.05) is 25.7 Å². The molecule has 0 saturated heterocycles. The van der Waals surface area contributed by atoms with Crippen molar-refractivity contribution in [2.75, 3.05) is 19.6 Å². The van der Waals surface area contributed by atoms with Crippen molar-refractivity contribution in [3.63, 3.8) is 0 Å². The van der Waals surface area contributed by atoms with Crippen molar-refractivity contribution in [1.82, 2.24) is 14.3 Å². The molecule has 0 aliphatic heterocycles. The minimum absolute atomic E-state index is 0.00747. The normalized spacial score (nSPS) is 13.8. The van der Waals surface area contributed by atoms with E-state index in [1.54, 1.807) is 11.5 Å². The Bertz CT molecular complexity index is 487.